The highest BCUT2D eigenvalue weighted by atomic mass is 32.1. The molecule has 1 N–H and O–H groups in total. The van der Waals surface area contributed by atoms with Gasteiger partial charge in [0.05, 0.1) is 12.0 Å². The second-order valence-corrected chi connectivity index (χ2v) is 7.61. The van der Waals surface area contributed by atoms with Crippen LogP contribution in [0.2, 0.25) is 0 Å². The van der Waals surface area contributed by atoms with Crippen LogP contribution in [0.1, 0.15) is 62.1 Å². The summed E-state index contributed by atoms with van der Waals surface area (Å²) in [7, 11) is 1.37. The number of carbonyl (C=O) groups is 2. The second kappa shape index (κ2) is 7.87. The molecule has 0 radical (unpaired) electrons. The number of H-pyrrole nitrogens is 1. The van der Waals surface area contributed by atoms with Crippen LogP contribution >= 0.6 is 11.3 Å². The van der Waals surface area contributed by atoms with Crippen molar-refractivity contribution in [2.75, 3.05) is 7.11 Å². The number of esters is 1. The van der Waals surface area contributed by atoms with Crippen molar-refractivity contribution in [2.24, 2.45) is 0 Å². The molecule has 0 aliphatic heterocycles. The number of aromatic amines is 1. The molecule has 0 aliphatic rings. The smallest absolute Gasteiger partial charge is 0.354 e. The molecule has 0 aromatic carbocycles. The van der Waals surface area contributed by atoms with E-state index in [9.17, 15) is 9.59 Å². The molecule has 5 nitrogen and oxygen atoms in total. The number of carbonyl (C=O) groups excluding carboxylic acids is 2. The molecule has 136 valence electrons. The standard InChI is InChI=1S/C19H26N2O3S/c1-7-11(2)21(18(22)16-9-8-12(3)25-16)10-15-13(4)17(19(23)24-6)20-14(15)5/h8-9,11,20H,7,10H2,1-6H3/t11-/m1/s1. The molecule has 2 aromatic rings. The Morgan fingerprint density at radius 3 is 2.48 bits per heavy atom. The Morgan fingerprint density at radius 1 is 1.28 bits per heavy atom. The second-order valence-electron chi connectivity index (χ2n) is 6.32. The number of hydrogen-bond acceptors (Lipinski definition) is 4. The summed E-state index contributed by atoms with van der Waals surface area (Å²) < 4.78 is 4.83. The van der Waals surface area contributed by atoms with Crippen LogP contribution in [0.3, 0.4) is 0 Å². The molecule has 0 aliphatic carbocycles. The summed E-state index contributed by atoms with van der Waals surface area (Å²) in [6.07, 6.45) is 0.864. The number of amides is 1. The average Bonchev–Trinajstić information content (AvgIpc) is 3.15. The van der Waals surface area contributed by atoms with Crippen molar-refractivity contribution in [3.8, 4) is 0 Å². The third-order valence-electron chi connectivity index (χ3n) is 4.65. The van der Waals surface area contributed by atoms with Gasteiger partial charge in [0.15, 0.2) is 0 Å². The van der Waals surface area contributed by atoms with E-state index in [1.807, 2.05) is 37.8 Å². The minimum atomic E-state index is -0.387. The lowest BCUT2D eigenvalue weighted by molar-refractivity contribution is 0.0593. The largest absolute Gasteiger partial charge is 0.464 e. The van der Waals surface area contributed by atoms with Gasteiger partial charge in [-0.1, -0.05) is 6.92 Å². The van der Waals surface area contributed by atoms with Crippen LogP contribution in [0.25, 0.3) is 0 Å². The highest BCUT2D eigenvalue weighted by Crippen LogP contribution is 2.25. The van der Waals surface area contributed by atoms with Crippen molar-refractivity contribution in [2.45, 2.75) is 53.6 Å². The fourth-order valence-corrected chi connectivity index (χ4v) is 3.67. The van der Waals surface area contributed by atoms with Gasteiger partial charge in [-0.2, -0.15) is 0 Å². The summed E-state index contributed by atoms with van der Waals surface area (Å²) in [6, 6.07) is 3.95. The van der Waals surface area contributed by atoms with Crippen molar-refractivity contribution in [3.63, 3.8) is 0 Å². The van der Waals surface area contributed by atoms with Gasteiger partial charge in [0, 0.05) is 23.2 Å². The maximum Gasteiger partial charge on any atom is 0.354 e. The van der Waals surface area contributed by atoms with E-state index in [1.165, 1.54) is 18.4 Å². The molecule has 0 spiro atoms. The summed E-state index contributed by atoms with van der Waals surface area (Å²) in [5.74, 6) is -0.353. The molecule has 1 amide bonds. The number of aryl methyl sites for hydroxylation is 2. The molecular formula is C19H26N2O3S. The Hall–Kier alpha value is -2.08. The van der Waals surface area contributed by atoms with Crippen LogP contribution < -0.4 is 0 Å². The number of nitrogens with one attached hydrogen (secondary N) is 1. The molecule has 0 fully saturated rings. The minimum Gasteiger partial charge on any atom is -0.464 e. The average molecular weight is 362 g/mol. The SMILES string of the molecule is CC[C@@H](C)N(Cc1c(C)[nH]c(C(=O)OC)c1C)C(=O)c1ccc(C)s1. The topological polar surface area (TPSA) is 62.4 Å². The van der Waals surface area contributed by atoms with Crippen LogP contribution in [0, 0.1) is 20.8 Å². The maximum absolute atomic E-state index is 13.0. The van der Waals surface area contributed by atoms with E-state index < -0.39 is 0 Å². The Morgan fingerprint density at radius 2 is 1.96 bits per heavy atom. The lowest BCUT2D eigenvalue weighted by atomic mass is 10.1. The van der Waals surface area contributed by atoms with Gasteiger partial charge in [-0.15, -0.1) is 11.3 Å². The van der Waals surface area contributed by atoms with Gasteiger partial charge in [0.1, 0.15) is 5.69 Å². The van der Waals surface area contributed by atoms with Gasteiger partial charge >= 0.3 is 5.97 Å². The molecular weight excluding hydrogens is 336 g/mol. The van der Waals surface area contributed by atoms with Gasteiger partial charge < -0.3 is 14.6 Å². The quantitative estimate of drug-likeness (QED) is 0.782. The van der Waals surface area contributed by atoms with Gasteiger partial charge in [-0.25, -0.2) is 4.79 Å². The highest BCUT2D eigenvalue weighted by Gasteiger charge is 2.25. The minimum absolute atomic E-state index is 0.0343. The first-order chi connectivity index (χ1) is 11.8. The lowest BCUT2D eigenvalue weighted by Crippen LogP contribution is -2.37. The Bertz CT molecular complexity index is 776. The van der Waals surface area contributed by atoms with E-state index in [4.69, 9.17) is 4.74 Å². The fourth-order valence-electron chi connectivity index (χ4n) is 2.84. The van der Waals surface area contributed by atoms with E-state index in [2.05, 4.69) is 18.8 Å². The van der Waals surface area contributed by atoms with Crippen molar-refractivity contribution in [1.82, 2.24) is 9.88 Å². The van der Waals surface area contributed by atoms with E-state index in [0.29, 0.717) is 12.2 Å². The number of thiophene rings is 1. The van der Waals surface area contributed by atoms with E-state index in [0.717, 1.165) is 33.0 Å². The van der Waals surface area contributed by atoms with Crippen LogP contribution in [-0.2, 0) is 11.3 Å². The first-order valence-electron chi connectivity index (χ1n) is 8.43. The summed E-state index contributed by atoms with van der Waals surface area (Å²) in [6.45, 7) is 10.4. The molecule has 0 saturated carbocycles. The monoisotopic (exact) mass is 362 g/mol. The molecule has 2 heterocycles. The predicted octanol–water partition coefficient (Wildman–Crippen LogP) is 4.23. The molecule has 2 aromatic heterocycles. The summed E-state index contributed by atoms with van der Waals surface area (Å²) in [4.78, 5) is 31.8. The Kier molecular flexibility index (Phi) is 6.06. The van der Waals surface area contributed by atoms with Gasteiger partial charge in [-0.05, 0) is 57.4 Å². The first-order valence-corrected chi connectivity index (χ1v) is 9.25. The van der Waals surface area contributed by atoms with Gasteiger partial charge in [-0.3, -0.25) is 4.79 Å². The molecule has 6 heteroatoms. The number of rotatable bonds is 6. The molecule has 1 atom stereocenters. The zero-order valence-corrected chi connectivity index (χ0v) is 16.5. The van der Waals surface area contributed by atoms with Gasteiger partial charge in [0.2, 0.25) is 0 Å². The summed E-state index contributed by atoms with van der Waals surface area (Å²) in [5, 5.41) is 0. The zero-order chi connectivity index (χ0) is 18.7. The third kappa shape index (κ3) is 3.95. The zero-order valence-electron chi connectivity index (χ0n) is 15.7. The number of ether oxygens (including phenoxy) is 1. The Balaban J connectivity index is 2.37. The number of aromatic nitrogens is 1. The van der Waals surface area contributed by atoms with E-state index in [1.54, 1.807) is 0 Å². The summed E-state index contributed by atoms with van der Waals surface area (Å²) >= 11 is 1.51. The highest BCUT2D eigenvalue weighted by molar-refractivity contribution is 7.13. The maximum atomic E-state index is 13.0. The third-order valence-corrected chi connectivity index (χ3v) is 5.63. The molecule has 0 bridgehead atoms. The fraction of sp³-hybridized carbons (Fsp3) is 0.474. The van der Waals surface area contributed by atoms with Crippen molar-refractivity contribution in [1.29, 1.82) is 0 Å². The Labute approximate surface area is 153 Å². The van der Waals surface area contributed by atoms with E-state index >= 15 is 0 Å². The van der Waals surface area contributed by atoms with Crippen molar-refractivity contribution in [3.05, 3.63) is 44.4 Å². The van der Waals surface area contributed by atoms with E-state index in [-0.39, 0.29) is 17.9 Å². The van der Waals surface area contributed by atoms with Gasteiger partial charge in [0.25, 0.3) is 5.91 Å². The van der Waals surface area contributed by atoms with Crippen molar-refractivity contribution >= 4 is 23.2 Å². The number of nitrogens with zero attached hydrogens (tertiary/aromatic N) is 1. The van der Waals surface area contributed by atoms with Crippen LogP contribution in [-0.4, -0.2) is 34.9 Å². The lowest BCUT2D eigenvalue weighted by Gasteiger charge is -2.28. The normalized spacial score (nSPS) is 12.1. The summed E-state index contributed by atoms with van der Waals surface area (Å²) in [5.41, 5.74) is 3.16. The van der Waals surface area contributed by atoms with Crippen molar-refractivity contribution < 1.29 is 14.3 Å². The van der Waals surface area contributed by atoms with Crippen LogP contribution in [0.15, 0.2) is 12.1 Å². The molecule has 2 rings (SSSR count). The molecule has 0 saturated heterocycles. The predicted molar refractivity (Wildman–Crippen MR) is 100 cm³/mol. The number of hydrogen-bond donors (Lipinski definition) is 1. The number of methoxy groups -OCH3 is 1. The molecule has 0 unspecified atom stereocenters. The van der Waals surface area contributed by atoms with Crippen LogP contribution in [0.4, 0.5) is 0 Å². The van der Waals surface area contributed by atoms with Crippen LogP contribution in [0.5, 0.6) is 0 Å². The first kappa shape index (κ1) is 19.2. The molecule has 25 heavy (non-hydrogen) atoms.